The van der Waals surface area contributed by atoms with Crippen LogP contribution >= 0.6 is 23.4 Å². The summed E-state index contributed by atoms with van der Waals surface area (Å²) in [5.74, 6) is -0.100. The van der Waals surface area contributed by atoms with Crippen molar-refractivity contribution < 1.29 is 4.79 Å². The van der Waals surface area contributed by atoms with Crippen LogP contribution in [0.25, 0.3) is 0 Å². The Morgan fingerprint density at radius 1 is 0.917 bits per heavy atom. The summed E-state index contributed by atoms with van der Waals surface area (Å²) < 4.78 is 0. The zero-order chi connectivity index (χ0) is 24.9. The molecule has 1 N–H and O–H groups in total. The number of anilines is 1. The standard InChI is InChI=1S/C30H26ClN3OS/c1-2-34(24-8-4-3-5-9-24)19-18-32-30(35)22-14-17-28-26(20-22)33-29(21-12-15-23(31)16-13-21)25-10-6-7-11-27(25)36-28/h3-17,20H,2,18-19H2,1H3,(H,32,35). The van der Waals surface area contributed by atoms with Gasteiger partial charge in [0.25, 0.3) is 5.91 Å². The van der Waals surface area contributed by atoms with Crippen molar-refractivity contribution in [2.24, 2.45) is 4.99 Å². The van der Waals surface area contributed by atoms with E-state index < -0.39 is 0 Å². The van der Waals surface area contributed by atoms with Crippen molar-refractivity contribution in [3.05, 3.63) is 119 Å². The van der Waals surface area contributed by atoms with E-state index in [-0.39, 0.29) is 5.91 Å². The molecular formula is C30H26ClN3OS. The first-order valence-corrected chi connectivity index (χ1v) is 13.2. The molecule has 0 bridgehead atoms. The molecule has 0 fully saturated rings. The molecule has 0 saturated heterocycles. The Balaban J connectivity index is 1.38. The van der Waals surface area contributed by atoms with Gasteiger partial charge in [-0.2, -0.15) is 0 Å². The summed E-state index contributed by atoms with van der Waals surface area (Å²) in [7, 11) is 0. The Kier molecular flexibility index (Phi) is 7.40. The molecule has 0 unspecified atom stereocenters. The van der Waals surface area contributed by atoms with Crippen LogP contribution in [0.2, 0.25) is 5.02 Å². The molecule has 1 aliphatic heterocycles. The van der Waals surface area contributed by atoms with Crippen LogP contribution in [0.15, 0.2) is 112 Å². The van der Waals surface area contributed by atoms with Gasteiger partial charge in [0.1, 0.15) is 0 Å². The lowest BCUT2D eigenvalue weighted by Gasteiger charge is -2.23. The van der Waals surface area contributed by atoms with Crippen LogP contribution in [0.1, 0.15) is 28.4 Å². The van der Waals surface area contributed by atoms with E-state index in [0.29, 0.717) is 17.1 Å². The zero-order valence-corrected chi connectivity index (χ0v) is 21.5. The largest absolute Gasteiger partial charge is 0.370 e. The normalized spacial score (nSPS) is 12.1. The number of halogens is 1. The second-order valence-corrected chi connectivity index (χ2v) is 9.94. The number of carbonyl (C=O) groups is 1. The zero-order valence-electron chi connectivity index (χ0n) is 19.9. The van der Waals surface area contributed by atoms with Crippen LogP contribution < -0.4 is 10.2 Å². The average molecular weight is 512 g/mol. The van der Waals surface area contributed by atoms with Crippen LogP contribution in [0, 0.1) is 0 Å². The highest BCUT2D eigenvalue weighted by molar-refractivity contribution is 7.99. The number of aliphatic imine (C=N–C) groups is 1. The van der Waals surface area contributed by atoms with E-state index in [0.717, 1.165) is 51.1 Å². The van der Waals surface area contributed by atoms with Crippen LogP contribution in [-0.2, 0) is 0 Å². The minimum Gasteiger partial charge on any atom is -0.370 e. The van der Waals surface area contributed by atoms with Gasteiger partial charge in [-0.25, -0.2) is 4.99 Å². The number of para-hydroxylation sites is 1. The number of rotatable bonds is 7. The second-order valence-electron chi connectivity index (χ2n) is 8.42. The van der Waals surface area contributed by atoms with Gasteiger partial charge in [-0.3, -0.25) is 4.79 Å². The SMILES string of the molecule is CCN(CCNC(=O)c1ccc2c(c1)N=C(c1ccc(Cl)cc1)c1ccccc1S2)c1ccccc1. The minimum absolute atomic E-state index is 0.100. The number of nitrogens with zero attached hydrogens (tertiary/aromatic N) is 2. The van der Waals surface area contributed by atoms with Gasteiger partial charge in [0.05, 0.1) is 11.4 Å². The molecule has 180 valence electrons. The van der Waals surface area contributed by atoms with Gasteiger partial charge in [-0.15, -0.1) is 0 Å². The van der Waals surface area contributed by atoms with E-state index in [1.54, 1.807) is 11.8 Å². The molecule has 1 amide bonds. The molecule has 5 rings (SSSR count). The topological polar surface area (TPSA) is 44.7 Å². The monoisotopic (exact) mass is 511 g/mol. The lowest BCUT2D eigenvalue weighted by Crippen LogP contribution is -2.34. The van der Waals surface area contributed by atoms with Gasteiger partial charge in [0.15, 0.2) is 0 Å². The lowest BCUT2D eigenvalue weighted by atomic mass is 10.0. The Labute approximate surface area is 221 Å². The average Bonchev–Trinajstić information content (AvgIpc) is 3.08. The lowest BCUT2D eigenvalue weighted by molar-refractivity contribution is 0.0954. The summed E-state index contributed by atoms with van der Waals surface area (Å²) in [5.41, 5.74) is 5.45. The Hall–Kier alpha value is -3.54. The number of amides is 1. The van der Waals surface area contributed by atoms with Crippen molar-refractivity contribution in [1.82, 2.24) is 5.32 Å². The van der Waals surface area contributed by atoms with Crippen LogP contribution in [0.3, 0.4) is 0 Å². The number of carbonyl (C=O) groups excluding carboxylic acids is 1. The molecule has 0 aliphatic carbocycles. The molecule has 1 aliphatic rings. The smallest absolute Gasteiger partial charge is 0.251 e. The molecule has 36 heavy (non-hydrogen) atoms. The molecule has 0 atom stereocenters. The van der Waals surface area contributed by atoms with Gasteiger partial charge < -0.3 is 10.2 Å². The second kappa shape index (κ2) is 11.0. The van der Waals surface area contributed by atoms with Crippen molar-refractivity contribution >= 4 is 46.4 Å². The third-order valence-corrected chi connectivity index (χ3v) is 7.50. The quantitative estimate of drug-likeness (QED) is 0.250. The number of hydrogen-bond donors (Lipinski definition) is 1. The molecule has 0 saturated carbocycles. The maximum absolute atomic E-state index is 13.0. The fourth-order valence-corrected chi connectivity index (χ4v) is 5.35. The molecular weight excluding hydrogens is 486 g/mol. The number of benzene rings is 4. The molecule has 0 spiro atoms. The van der Waals surface area contributed by atoms with Crippen molar-refractivity contribution in [2.75, 3.05) is 24.5 Å². The molecule has 0 aromatic heterocycles. The van der Waals surface area contributed by atoms with E-state index in [1.165, 1.54) is 0 Å². The minimum atomic E-state index is -0.100. The molecule has 0 radical (unpaired) electrons. The number of nitrogens with one attached hydrogen (secondary N) is 1. The number of hydrogen-bond acceptors (Lipinski definition) is 4. The van der Waals surface area contributed by atoms with Gasteiger partial charge in [-0.1, -0.05) is 71.9 Å². The van der Waals surface area contributed by atoms with Crippen molar-refractivity contribution in [3.63, 3.8) is 0 Å². The van der Waals surface area contributed by atoms with Crippen LogP contribution in [-0.4, -0.2) is 31.3 Å². The Morgan fingerprint density at radius 2 is 1.67 bits per heavy atom. The van der Waals surface area contributed by atoms with Gasteiger partial charge in [0.2, 0.25) is 0 Å². The Morgan fingerprint density at radius 3 is 2.44 bits per heavy atom. The van der Waals surface area contributed by atoms with Crippen molar-refractivity contribution in [3.8, 4) is 0 Å². The molecule has 4 nitrogen and oxygen atoms in total. The first-order valence-electron chi connectivity index (χ1n) is 12.0. The highest BCUT2D eigenvalue weighted by Crippen LogP contribution is 2.41. The molecule has 6 heteroatoms. The van der Waals surface area contributed by atoms with Crippen LogP contribution in [0.5, 0.6) is 0 Å². The molecule has 4 aromatic carbocycles. The number of likely N-dealkylation sites (N-methyl/N-ethyl adjacent to an activating group) is 1. The summed E-state index contributed by atoms with van der Waals surface area (Å²) in [6, 6.07) is 32.0. The molecule has 1 heterocycles. The van der Waals surface area contributed by atoms with E-state index in [1.807, 2.05) is 72.8 Å². The van der Waals surface area contributed by atoms with Crippen molar-refractivity contribution in [2.45, 2.75) is 16.7 Å². The van der Waals surface area contributed by atoms with E-state index >= 15 is 0 Å². The summed E-state index contributed by atoms with van der Waals surface area (Å²) in [5, 5.41) is 3.76. The van der Waals surface area contributed by atoms with Gasteiger partial charge in [0, 0.05) is 56.8 Å². The fraction of sp³-hybridized carbons (Fsp3) is 0.133. The highest BCUT2D eigenvalue weighted by Gasteiger charge is 2.20. The summed E-state index contributed by atoms with van der Waals surface area (Å²) in [6.07, 6.45) is 0. The van der Waals surface area contributed by atoms with E-state index in [4.69, 9.17) is 16.6 Å². The summed E-state index contributed by atoms with van der Waals surface area (Å²) >= 11 is 7.80. The first-order chi connectivity index (χ1) is 17.6. The predicted molar refractivity (Wildman–Crippen MR) is 150 cm³/mol. The third kappa shape index (κ3) is 5.32. The predicted octanol–water partition coefficient (Wildman–Crippen LogP) is 7.23. The van der Waals surface area contributed by atoms with Crippen molar-refractivity contribution in [1.29, 1.82) is 0 Å². The van der Waals surface area contributed by atoms with Crippen LogP contribution in [0.4, 0.5) is 11.4 Å². The van der Waals surface area contributed by atoms with E-state index in [9.17, 15) is 4.79 Å². The molecule has 4 aromatic rings. The summed E-state index contributed by atoms with van der Waals surface area (Å²) in [6.45, 7) is 4.28. The first kappa shape index (κ1) is 24.2. The van der Waals surface area contributed by atoms with Gasteiger partial charge in [-0.05, 0) is 55.5 Å². The number of fused-ring (bicyclic) bond motifs is 2. The van der Waals surface area contributed by atoms with Gasteiger partial charge >= 0.3 is 0 Å². The fourth-order valence-electron chi connectivity index (χ4n) is 4.23. The maximum atomic E-state index is 13.0. The van der Waals surface area contributed by atoms with E-state index in [2.05, 4.69) is 41.4 Å². The summed E-state index contributed by atoms with van der Waals surface area (Å²) in [4.78, 5) is 22.5. The Bertz CT molecular complexity index is 1400. The third-order valence-electron chi connectivity index (χ3n) is 6.10. The highest BCUT2D eigenvalue weighted by atomic mass is 35.5. The maximum Gasteiger partial charge on any atom is 0.251 e.